The Labute approximate surface area is 155 Å². The van der Waals surface area contributed by atoms with Crippen LogP contribution >= 0.6 is 11.3 Å². The molecule has 1 N–H and O–H groups in total. The molecule has 1 aliphatic rings. The maximum absolute atomic E-state index is 13.3. The lowest BCUT2D eigenvalue weighted by Gasteiger charge is -2.28. The summed E-state index contributed by atoms with van der Waals surface area (Å²) in [5, 5.41) is 5.22. The van der Waals surface area contributed by atoms with Crippen LogP contribution in [0.25, 0.3) is 0 Å². The van der Waals surface area contributed by atoms with Gasteiger partial charge in [0.25, 0.3) is 11.5 Å². The molecule has 0 saturated carbocycles. The Morgan fingerprint density at radius 1 is 1.35 bits per heavy atom. The molecule has 1 fully saturated rings. The summed E-state index contributed by atoms with van der Waals surface area (Å²) in [6.45, 7) is 3.80. The van der Waals surface area contributed by atoms with Crippen LogP contribution in [0, 0.1) is 0 Å². The molecule has 1 aliphatic heterocycles. The highest BCUT2D eigenvalue weighted by Gasteiger charge is 2.30. The van der Waals surface area contributed by atoms with Gasteiger partial charge < -0.3 is 14.8 Å². The third kappa shape index (κ3) is 3.39. The Kier molecular flexibility index (Phi) is 5.43. The Balaban J connectivity index is 1.99. The molecule has 26 heavy (non-hydrogen) atoms. The largest absolute Gasteiger partial charge is 0.330 e. The van der Waals surface area contributed by atoms with E-state index < -0.39 is 0 Å². The second-order valence-corrected chi connectivity index (χ2v) is 7.54. The molecule has 140 valence electrons. The normalized spacial score (nSPS) is 16.8. The van der Waals surface area contributed by atoms with Crippen molar-refractivity contribution in [3.8, 4) is 0 Å². The first-order valence-corrected chi connectivity index (χ1v) is 9.65. The summed E-state index contributed by atoms with van der Waals surface area (Å²) in [7, 11) is 3.08. The van der Waals surface area contributed by atoms with Crippen LogP contribution < -0.4 is 16.6 Å². The number of hydrogen-bond acceptors (Lipinski definition) is 5. The van der Waals surface area contributed by atoms with Crippen molar-refractivity contribution in [3.05, 3.63) is 54.5 Å². The van der Waals surface area contributed by atoms with Crippen molar-refractivity contribution in [2.75, 3.05) is 13.1 Å². The van der Waals surface area contributed by atoms with Crippen molar-refractivity contribution >= 4 is 17.2 Å². The van der Waals surface area contributed by atoms with Gasteiger partial charge in [0.05, 0.1) is 17.0 Å². The van der Waals surface area contributed by atoms with E-state index in [1.54, 1.807) is 18.1 Å². The summed E-state index contributed by atoms with van der Waals surface area (Å²) < 4.78 is 2.47. The lowest BCUT2D eigenvalue weighted by molar-refractivity contribution is 0.0678. The quantitative estimate of drug-likeness (QED) is 0.834. The molecule has 0 aromatic carbocycles. The number of rotatable bonds is 5. The molecular weight excluding hydrogens is 352 g/mol. The number of amides is 1. The maximum atomic E-state index is 13.3. The summed E-state index contributed by atoms with van der Waals surface area (Å²) in [5.41, 5.74) is 0.762. The Bertz CT molecular complexity index is 921. The van der Waals surface area contributed by atoms with E-state index in [9.17, 15) is 14.4 Å². The van der Waals surface area contributed by atoms with Gasteiger partial charge in [-0.05, 0) is 36.4 Å². The summed E-state index contributed by atoms with van der Waals surface area (Å²) in [6.07, 6.45) is 3.19. The van der Waals surface area contributed by atoms with E-state index >= 15 is 0 Å². The Morgan fingerprint density at radius 3 is 2.77 bits per heavy atom. The average molecular weight is 376 g/mol. The minimum atomic E-state index is -0.370. The zero-order chi connectivity index (χ0) is 18.8. The molecule has 0 bridgehead atoms. The molecular formula is C18H24N4O3S. The standard InChI is InChI=1S/C18H24N4O3S/c1-4-12-6-8-26-15(12)17(24)22(14-5-7-19-9-14)11-13-10-20(2)18(25)21(3)16(13)23/h6,8,10,14,19H,4-5,7,9,11H2,1-3H3. The van der Waals surface area contributed by atoms with Gasteiger partial charge in [0.2, 0.25) is 0 Å². The second-order valence-electron chi connectivity index (χ2n) is 6.62. The van der Waals surface area contributed by atoms with Gasteiger partial charge in [-0.3, -0.25) is 14.2 Å². The van der Waals surface area contributed by atoms with Gasteiger partial charge in [-0.2, -0.15) is 0 Å². The van der Waals surface area contributed by atoms with Crippen LogP contribution in [0.5, 0.6) is 0 Å². The van der Waals surface area contributed by atoms with Gasteiger partial charge in [0.15, 0.2) is 0 Å². The summed E-state index contributed by atoms with van der Waals surface area (Å²) in [6, 6.07) is 2.02. The third-order valence-electron chi connectivity index (χ3n) is 4.92. The first kappa shape index (κ1) is 18.6. The number of carbonyl (C=O) groups excluding carboxylic acids is 1. The summed E-state index contributed by atoms with van der Waals surface area (Å²) in [5.74, 6) is -0.0403. The summed E-state index contributed by atoms with van der Waals surface area (Å²) >= 11 is 1.44. The number of aromatic nitrogens is 2. The first-order chi connectivity index (χ1) is 12.4. The van der Waals surface area contributed by atoms with Crippen LogP contribution in [-0.2, 0) is 27.1 Å². The van der Waals surface area contributed by atoms with Crippen molar-refractivity contribution in [2.45, 2.75) is 32.4 Å². The molecule has 8 heteroatoms. The lowest BCUT2D eigenvalue weighted by Crippen LogP contribution is -2.45. The molecule has 1 unspecified atom stereocenters. The van der Waals surface area contributed by atoms with Crippen molar-refractivity contribution < 1.29 is 4.79 Å². The maximum Gasteiger partial charge on any atom is 0.330 e. The number of aryl methyl sites for hydroxylation is 2. The number of nitrogens with zero attached hydrogens (tertiary/aromatic N) is 3. The van der Waals surface area contributed by atoms with Crippen LogP contribution in [0.1, 0.15) is 34.1 Å². The van der Waals surface area contributed by atoms with Gasteiger partial charge in [0.1, 0.15) is 0 Å². The van der Waals surface area contributed by atoms with Crippen LogP contribution in [0.4, 0.5) is 0 Å². The van der Waals surface area contributed by atoms with Gasteiger partial charge >= 0.3 is 5.69 Å². The minimum absolute atomic E-state index is 0.0382. The van der Waals surface area contributed by atoms with Gasteiger partial charge in [-0.1, -0.05) is 6.92 Å². The van der Waals surface area contributed by atoms with E-state index in [-0.39, 0.29) is 29.7 Å². The van der Waals surface area contributed by atoms with Crippen molar-refractivity contribution in [1.82, 2.24) is 19.4 Å². The topological polar surface area (TPSA) is 76.3 Å². The predicted octanol–water partition coefficient (Wildman–Crippen LogP) is 0.712. The van der Waals surface area contributed by atoms with Gasteiger partial charge in [-0.15, -0.1) is 11.3 Å². The monoisotopic (exact) mass is 376 g/mol. The molecule has 1 amide bonds. The SMILES string of the molecule is CCc1ccsc1C(=O)N(Cc1cn(C)c(=O)n(C)c1=O)C1CCNC1. The van der Waals surface area contributed by atoms with E-state index in [4.69, 9.17) is 0 Å². The van der Waals surface area contributed by atoms with Gasteiger partial charge in [0, 0.05) is 32.9 Å². The van der Waals surface area contributed by atoms with E-state index in [1.807, 2.05) is 18.4 Å². The molecule has 1 atom stereocenters. The number of nitrogens with one attached hydrogen (secondary N) is 1. The zero-order valence-corrected chi connectivity index (χ0v) is 16.1. The zero-order valence-electron chi connectivity index (χ0n) is 15.3. The van der Waals surface area contributed by atoms with Crippen molar-refractivity contribution in [2.24, 2.45) is 14.1 Å². The van der Waals surface area contributed by atoms with E-state index in [1.165, 1.54) is 23.0 Å². The first-order valence-electron chi connectivity index (χ1n) is 8.77. The smallest absolute Gasteiger partial charge is 0.329 e. The van der Waals surface area contributed by atoms with Gasteiger partial charge in [-0.25, -0.2) is 4.79 Å². The average Bonchev–Trinajstić information content (AvgIpc) is 3.32. The number of thiophene rings is 1. The van der Waals surface area contributed by atoms with Crippen LogP contribution in [0.2, 0.25) is 0 Å². The molecule has 2 aromatic heterocycles. The van der Waals surface area contributed by atoms with Crippen molar-refractivity contribution in [3.63, 3.8) is 0 Å². The molecule has 0 radical (unpaired) electrons. The second kappa shape index (κ2) is 7.59. The highest BCUT2D eigenvalue weighted by Crippen LogP contribution is 2.23. The van der Waals surface area contributed by atoms with E-state index in [2.05, 4.69) is 5.32 Å². The molecule has 2 aromatic rings. The Morgan fingerprint density at radius 2 is 2.12 bits per heavy atom. The van der Waals surface area contributed by atoms with Crippen LogP contribution in [0.15, 0.2) is 27.2 Å². The molecule has 1 saturated heterocycles. The summed E-state index contributed by atoms with van der Waals surface area (Å²) in [4.78, 5) is 40.2. The van der Waals surface area contributed by atoms with Crippen LogP contribution in [0.3, 0.4) is 0 Å². The molecule has 0 aliphatic carbocycles. The predicted molar refractivity (Wildman–Crippen MR) is 102 cm³/mol. The van der Waals surface area contributed by atoms with E-state index in [0.717, 1.165) is 34.4 Å². The highest BCUT2D eigenvalue weighted by molar-refractivity contribution is 7.12. The molecule has 7 nitrogen and oxygen atoms in total. The molecule has 3 rings (SSSR count). The fourth-order valence-electron chi connectivity index (χ4n) is 3.38. The molecule has 0 spiro atoms. The Hall–Kier alpha value is -2.19. The van der Waals surface area contributed by atoms with Crippen molar-refractivity contribution in [1.29, 1.82) is 0 Å². The number of hydrogen-bond donors (Lipinski definition) is 1. The third-order valence-corrected chi connectivity index (χ3v) is 5.86. The lowest BCUT2D eigenvalue weighted by atomic mass is 10.1. The fourth-order valence-corrected chi connectivity index (χ4v) is 4.33. The molecule has 3 heterocycles. The minimum Gasteiger partial charge on any atom is -0.329 e. The highest BCUT2D eigenvalue weighted by atomic mass is 32.1. The van der Waals surface area contributed by atoms with E-state index in [0.29, 0.717) is 12.1 Å². The number of carbonyl (C=O) groups is 1. The van der Waals surface area contributed by atoms with Crippen LogP contribution in [-0.4, -0.2) is 39.1 Å². The fraction of sp³-hybridized carbons (Fsp3) is 0.500.